The minimum Gasteiger partial charge on any atom is -0.459 e. The Morgan fingerprint density at radius 1 is 1.29 bits per heavy atom. The number of nitrogens with zero attached hydrogens (tertiary/aromatic N) is 1. The molecule has 1 aliphatic heterocycles. The van der Waals surface area contributed by atoms with Gasteiger partial charge in [-0.05, 0) is 33.1 Å². The van der Waals surface area contributed by atoms with Gasteiger partial charge in [0.25, 0.3) is 0 Å². The fraction of sp³-hybridized carbons (Fsp3) is 0.867. The third kappa shape index (κ3) is 6.70. The van der Waals surface area contributed by atoms with Crippen molar-refractivity contribution in [2.45, 2.75) is 45.8 Å². The van der Waals surface area contributed by atoms with E-state index in [-0.39, 0.29) is 23.7 Å². The number of carbonyl (C=O) groups is 2. The summed E-state index contributed by atoms with van der Waals surface area (Å²) in [6, 6.07) is 0. The van der Waals surface area contributed by atoms with Gasteiger partial charge in [-0.25, -0.2) is 0 Å². The number of thioether (sulfide) groups is 1. The molecule has 122 valence electrons. The van der Waals surface area contributed by atoms with Gasteiger partial charge in [0, 0.05) is 20.2 Å². The molecule has 0 spiro atoms. The number of rotatable bonds is 5. The maximum atomic E-state index is 12.1. The third-order valence-corrected chi connectivity index (χ3v) is 4.30. The molecule has 0 aromatic heterocycles. The second-order valence-corrected chi connectivity index (χ2v) is 7.44. The maximum Gasteiger partial charge on any atom is 0.316 e. The highest BCUT2D eigenvalue weighted by molar-refractivity contribution is 8.00. The highest BCUT2D eigenvalue weighted by Crippen LogP contribution is 2.20. The lowest BCUT2D eigenvalue weighted by atomic mass is 9.96. The van der Waals surface area contributed by atoms with Gasteiger partial charge in [-0.2, -0.15) is 0 Å². The van der Waals surface area contributed by atoms with Gasteiger partial charge in [-0.3, -0.25) is 9.59 Å². The standard InChI is InChI=1S/C15H27NO4S/c1-11-6-7-16(8-12(11)19-5)13(17)9-21-10-14(18)20-15(2,3)4/h11-12H,6-10H2,1-5H3. The number of piperidine rings is 1. The molecule has 1 heterocycles. The smallest absolute Gasteiger partial charge is 0.316 e. The van der Waals surface area contributed by atoms with Crippen LogP contribution < -0.4 is 0 Å². The first kappa shape index (κ1) is 18.3. The molecule has 1 fully saturated rings. The van der Waals surface area contributed by atoms with E-state index < -0.39 is 5.60 Å². The Morgan fingerprint density at radius 2 is 1.95 bits per heavy atom. The van der Waals surface area contributed by atoms with Gasteiger partial charge in [0.1, 0.15) is 5.60 Å². The topological polar surface area (TPSA) is 55.8 Å². The second-order valence-electron chi connectivity index (χ2n) is 6.46. The lowest BCUT2D eigenvalue weighted by molar-refractivity contribution is -0.151. The highest BCUT2D eigenvalue weighted by atomic mass is 32.2. The molecule has 1 aliphatic rings. The van der Waals surface area contributed by atoms with Crippen molar-refractivity contribution in [3.63, 3.8) is 0 Å². The van der Waals surface area contributed by atoms with E-state index >= 15 is 0 Å². The van der Waals surface area contributed by atoms with Crippen molar-refractivity contribution >= 4 is 23.6 Å². The fourth-order valence-corrected chi connectivity index (χ4v) is 2.94. The van der Waals surface area contributed by atoms with E-state index in [1.807, 2.05) is 25.7 Å². The van der Waals surface area contributed by atoms with Crippen LogP contribution in [0.25, 0.3) is 0 Å². The summed E-state index contributed by atoms with van der Waals surface area (Å²) in [6.45, 7) is 9.06. The summed E-state index contributed by atoms with van der Waals surface area (Å²) >= 11 is 1.31. The van der Waals surface area contributed by atoms with Gasteiger partial charge in [0.2, 0.25) is 5.91 Å². The third-order valence-electron chi connectivity index (χ3n) is 3.41. The van der Waals surface area contributed by atoms with Crippen LogP contribution in [0.5, 0.6) is 0 Å². The molecule has 2 atom stereocenters. The Labute approximate surface area is 131 Å². The monoisotopic (exact) mass is 317 g/mol. The quantitative estimate of drug-likeness (QED) is 0.725. The zero-order chi connectivity index (χ0) is 16.0. The van der Waals surface area contributed by atoms with Crippen molar-refractivity contribution in [2.24, 2.45) is 5.92 Å². The molecule has 0 saturated carbocycles. The SMILES string of the molecule is COC1CN(C(=O)CSCC(=O)OC(C)(C)C)CCC1C. The van der Waals surface area contributed by atoms with Crippen molar-refractivity contribution in [3.8, 4) is 0 Å². The van der Waals surface area contributed by atoms with E-state index in [1.165, 1.54) is 11.8 Å². The van der Waals surface area contributed by atoms with Crippen molar-refractivity contribution in [1.82, 2.24) is 4.90 Å². The number of likely N-dealkylation sites (tertiary alicyclic amines) is 1. The molecule has 0 aromatic carbocycles. The number of methoxy groups -OCH3 is 1. The summed E-state index contributed by atoms with van der Waals surface area (Å²) in [4.78, 5) is 25.5. The molecule has 0 N–H and O–H groups in total. The Balaban J connectivity index is 2.29. The number of carbonyl (C=O) groups excluding carboxylic acids is 2. The van der Waals surface area contributed by atoms with Gasteiger partial charge in [-0.15, -0.1) is 11.8 Å². The van der Waals surface area contributed by atoms with Crippen molar-refractivity contribution < 1.29 is 19.1 Å². The zero-order valence-corrected chi connectivity index (χ0v) is 14.5. The Morgan fingerprint density at radius 3 is 2.52 bits per heavy atom. The Bertz CT molecular complexity index is 367. The molecule has 1 saturated heterocycles. The number of amides is 1. The molecule has 0 aliphatic carbocycles. The van der Waals surface area contributed by atoms with Crippen LogP contribution in [-0.2, 0) is 19.1 Å². The number of hydrogen-bond acceptors (Lipinski definition) is 5. The minimum atomic E-state index is -0.476. The first-order chi connectivity index (χ1) is 9.73. The first-order valence-electron chi connectivity index (χ1n) is 7.33. The molecule has 0 radical (unpaired) electrons. The second kappa shape index (κ2) is 8.03. The zero-order valence-electron chi connectivity index (χ0n) is 13.7. The normalized spacial score (nSPS) is 23.0. The summed E-state index contributed by atoms with van der Waals surface area (Å²) in [7, 11) is 1.69. The van der Waals surface area contributed by atoms with E-state index in [1.54, 1.807) is 7.11 Å². The maximum absolute atomic E-state index is 12.1. The fourth-order valence-electron chi connectivity index (χ4n) is 2.25. The van der Waals surface area contributed by atoms with E-state index in [0.717, 1.165) is 13.0 Å². The molecular formula is C15H27NO4S. The molecule has 0 bridgehead atoms. The van der Waals surface area contributed by atoms with Crippen LogP contribution in [0.4, 0.5) is 0 Å². The molecule has 1 rings (SSSR count). The van der Waals surface area contributed by atoms with Gasteiger partial charge < -0.3 is 14.4 Å². The molecule has 21 heavy (non-hydrogen) atoms. The largest absolute Gasteiger partial charge is 0.459 e. The van der Waals surface area contributed by atoms with E-state index in [2.05, 4.69) is 6.92 Å². The van der Waals surface area contributed by atoms with Crippen LogP contribution in [0, 0.1) is 5.92 Å². The summed E-state index contributed by atoms with van der Waals surface area (Å²) in [5, 5.41) is 0. The van der Waals surface area contributed by atoms with Crippen LogP contribution in [0.15, 0.2) is 0 Å². The average Bonchev–Trinajstić information content (AvgIpc) is 2.37. The predicted octanol–water partition coefficient (Wildman–Crippen LogP) is 1.94. The average molecular weight is 317 g/mol. The summed E-state index contributed by atoms with van der Waals surface area (Å²) in [5.74, 6) is 0.790. The van der Waals surface area contributed by atoms with E-state index in [9.17, 15) is 9.59 Å². The lowest BCUT2D eigenvalue weighted by Gasteiger charge is -2.36. The summed E-state index contributed by atoms with van der Waals surface area (Å²) in [5.41, 5.74) is -0.476. The van der Waals surface area contributed by atoms with E-state index in [0.29, 0.717) is 18.2 Å². The van der Waals surface area contributed by atoms with Gasteiger partial charge in [0.05, 0.1) is 17.6 Å². The van der Waals surface area contributed by atoms with E-state index in [4.69, 9.17) is 9.47 Å². The highest BCUT2D eigenvalue weighted by Gasteiger charge is 2.28. The van der Waals surface area contributed by atoms with Gasteiger partial charge in [0.15, 0.2) is 0 Å². The van der Waals surface area contributed by atoms with Crippen LogP contribution in [0.3, 0.4) is 0 Å². The predicted molar refractivity (Wildman–Crippen MR) is 84.3 cm³/mol. The van der Waals surface area contributed by atoms with Crippen LogP contribution in [0.2, 0.25) is 0 Å². The van der Waals surface area contributed by atoms with Crippen LogP contribution >= 0.6 is 11.8 Å². The van der Waals surface area contributed by atoms with Gasteiger partial charge >= 0.3 is 5.97 Å². The van der Waals surface area contributed by atoms with Crippen molar-refractivity contribution in [2.75, 3.05) is 31.7 Å². The molecular weight excluding hydrogens is 290 g/mol. The number of hydrogen-bond donors (Lipinski definition) is 0. The molecule has 6 heteroatoms. The minimum absolute atomic E-state index is 0.0671. The summed E-state index contributed by atoms with van der Waals surface area (Å²) in [6.07, 6.45) is 1.07. The Kier molecular flexibility index (Phi) is 7.00. The molecule has 0 aromatic rings. The van der Waals surface area contributed by atoms with Crippen LogP contribution in [-0.4, -0.2) is 60.2 Å². The molecule has 1 amide bonds. The van der Waals surface area contributed by atoms with Crippen molar-refractivity contribution in [3.05, 3.63) is 0 Å². The van der Waals surface area contributed by atoms with Crippen molar-refractivity contribution in [1.29, 1.82) is 0 Å². The Hall–Kier alpha value is -0.750. The first-order valence-corrected chi connectivity index (χ1v) is 8.48. The number of ether oxygens (including phenoxy) is 2. The molecule has 5 nitrogen and oxygen atoms in total. The summed E-state index contributed by atoms with van der Waals surface area (Å²) < 4.78 is 10.6. The lowest BCUT2D eigenvalue weighted by Crippen LogP contribution is -2.47. The molecule has 2 unspecified atom stereocenters. The number of esters is 1. The van der Waals surface area contributed by atoms with Gasteiger partial charge in [-0.1, -0.05) is 6.92 Å². The van der Waals surface area contributed by atoms with Crippen LogP contribution in [0.1, 0.15) is 34.1 Å².